The van der Waals surface area contributed by atoms with Crippen molar-refractivity contribution in [3.63, 3.8) is 0 Å². The second kappa shape index (κ2) is 9.73. The molecule has 4 rings (SSSR count). The van der Waals surface area contributed by atoms with Crippen molar-refractivity contribution >= 4 is 33.2 Å². The van der Waals surface area contributed by atoms with Crippen LogP contribution in [0.25, 0.3) is 11.1 Å². The van der Waals surface area contributed by atoms with Crippen molar-refractivity contribution in [1.82, 2.24) is 4.31 Å². The molecule has 1 N–H and O–H groups in total. The second-order valence-corrected chi connectivity index (χ2v) is 9.77. The number of benzene rings is 3. The van der Waals surface area contributed by atoms with Crippen LogP contribution < -0.4 is 10.1 Å². The summed E-state index contributed by atoms with van der Waals surface area (Å²) in [6.45, 7) is 0.731. The average molecular weight is 471 g/mol. The van der Waals surface area contributed by atoms with E-state index in [4.69, 9.17) is 16.3 Å². The summed E-state index contributed by atoms with van der Waals surface area (Å²) >= 11 is 6.17. The van der Waals surface area contributed by atoms with E-state index < -0.39 is 15.9 Å². The molecule has 1 saturated heterocycles. The van der Waals surface area contributed by atoms with Crippen LogP contribution in [0.2, 0.25) is 5.02 Å². The smallest absolute Gasteiger partial charge is 0.262 e. The lowest BCUT2D eigenvalue weighted by atomic mass is 10.1. The predicted octanol–water partition coefficient (Wildman–Crippen LogP) is 4.81. The van der Waals surface area contributed by atoms with Crippen LogP contribution in [0.4, 0.5) is 5.69 Å². The quantitative estimate of drug-likeness (QED) is 0.537. The highest BCUT2D eigenvalue weighted by atomic mass is 35.5. The lowest BCUT2D eigenvalue weighted by molar-refractivity contribution is -0.118. The molecular formula is C24H23ClN2O4S. The summed E-state index contributed by atoms with van der Waals surface area (Å²) < 4.78 is 32.9. The van der Waals surface area contributed by atoms with Gasteiger partial charge in [0.05, 0.1) is 5.02 Å². The minimum atomic E-state index is -3.70. The van der Waals surface area contributed by atoms with E-state index in [1.807, 2.05) is 48.5 Å². The molecule has 0 radical (unpaired) electrons. The zero-order chi connectivity index (χ0) is 22.6. The molecule has 0 atom stereocenters. The summed E-state index contributed by atoms with van der Waals surface area (Å²) in [5.41, 5.74) is 2.21. The van der Waals surface area contributed by atoms with Crippen molar-refractivity contribution in [2.75, 3.05) is 25.0 Å². The molecule has 32 heavy (non-hydrogen) atoms. The van der Waals surface area contributed by atoms with Crippen molar-refractivity contribution in [3.05, 3.63) is 77.8 Å². The minimum Gasteiger partial charge on any atom is -0.483 e. The monoisotopic (exact) mass is 470 g/mol. The fourth-order valence-electron chi connectivity index (χ4n) is 3.64. The first-order chi connectivity index (χ1) is 15.4. The zero-order valence-electron chi connectivity index (χ0n) is 17.3. The largest absolute Gasteiger partial charge is 0.483 e. The molecule has 0 saturated carbocycles. The van der Waals surface area contributed by atoms with Crippen LogP contribution in [0, 0.1) is 0 Å². The summed E-state index contributed by atoms with van der Waals surface area (Å²) in [7, 11) is -3.70. The van der Waals surface area contributed by atoms with Gasteiger partial charge in [-0.15, -0.1) is 0 Å². The summed E-state index contributed by atoms with van der Waals surface area (Å²) in [5.74, 6) is 0.182. The van der Waals surface area contributed by atoms with Gasteiger partial charge in [0.1, 0.15) is 10.6 Å². The van der Waals surface area contributed by atoms with Gasteiger partial charge in [0.2, 0.25) is 10.0 Å². The molecular weight excluding hydrogens is 448 g/mol. The van der Waals surface area contributed by atoms with Gasteiger partial charge in [0.25, 0.3) is 5.91 Å². The maximum absolute atomic E-state index is 12.9. The summed E-state index contributed by atoms with van der Waals surface area (Å²) in [6.07, 6.45) is 1.66. The molecule has 1 aliphatic rings. The van der Waals surface area contributed by atoms with E-state index in [1.165, 1.54) is 16.4 Å². The van der Waals surface area contributed by atoms with E-state index in [2.05, 4.69) is 5.32 Å². The molecule has 1 fully saturated rings. The molecule has 166 valence electrons. The third-order valence-corrected chi connectivity index (χ3v) is 7.61. The number of hydrogen-bond acceptors (Lipinski definition) is 4. The molecule has 0 aromatic heterocycles. The Balaban J connectivity index is 1.46. The van der Waals surface area contributed by atoms with Crippen molar-refractivity contribution in [1.29, 1.82) is 0 Å². The summed E-state index contributed by atoms with van der Waals surface area (Å²) in [5, 5.41) is 2.82. The van der Waals surface area contributed by atoms with Crippen LogP contribution in [-0.4, -0.2) is 38.3 Å². The number of nitrogens with zero attached hydrogens (tertiary/aromatic N) is 1. The van der Waals surface area contributed by atoms with E-state index in [0.717, 1.165) is 24.0 Å². The summed E-state index contributed by atoms with van der Waals surface area (Å²) in [4.78, 5) is 12.5. The van der Waals surface area contributed by atoms with E-state index >= 15 is 0 Å². The Bertz CT molecular complexity index is 1210. The predicted molar refractivity (Wildman–Crippen MR) is 125 cm³/mol. The first-order valence-electron chi connectivity index (χ1n) is 10.3. The molecule has 1 aliphatic heterocycles. The molecule has 0 unspecified atom stereocenters. The SMILES string of the molecule is O=C(COc1ccccc1-c1ccccc1)Nc1ccc(Cl)c(S(=O)(=O)N2CCCC2)c1. The van der Waals surface area contributed by atoms with Gasteiger partial charge in [0.15, 0.2) is 6.61 Å². The lowest BCUT2D eigenvalue weighted by Crippen LogP contribution is -2.28. The highest BCUT2D eigenvalue weighted by Crippen LogP contribution is 2.31. The van der Waals surface area contributed by atoms with Crippen LogP contribution in [0.1, 0.15) is 12.8 Å². The molecule has 3 aromatic carbocycles. The van der Waals surface area contributed by atoms with Gasteiger partial charge in [-0.3, -0.25) is 4.79 Å². The van der Waals surface area contributed by atoms with Gasteiger partial charge in [-0.2, -0.15) is 4.31 Å². The molecule has 0 bridgehead atoms. The Kier molecular flexibility index (Phi) is 6.79. The van der Waals surface area contributed by atoms with Gasteiger partial charge < -0.3 is 10.1 Å². The third kappa shape index (κ3) is 4.96. The standard InChI is InChI=1S/C24H23ClN2O4S/c25-21-13-12-19(16-23(21)32(29,30)27-14-6-7-15-27)26-24(28)17-31-22-11-5-4-10-20(22)18-8-2-1-3-9-18/h1-5,8-13,16H,6-7,14-15,17H2,(H,26,28). The van der Waals surface area contributed by atoms with E-state index in [1.54, 1.807) is 12.1 Å². The maximum Gasteiger partial charge on any atom is 0.262 e. The average Bonchev–Trinajstić information content (AvgIpc) is 3.36. The van der Waals surface area contributed by atoms with Gasteiger partial charge >= 0.3 is 0 Å². The minimum absolute atomic E-state index is 0.00536. The number of ether oxygens (including phenoxy) is 1. The molecule has 6 nitrogen and oxygen atoms in total. The number of amides is 1. The van der Waals surface area contributed by atoms with Crippen LogP contribution >= 0.6 is 11.6 Å². The first-order valence-corrected chi connectivity index (χ1v) is 12.1. The Hall–Kier alpha value is -2.87. The summed E-state index contributed by atoms with van der Waals surface area (Å²) in [6, 6.07) is 21.7. The number of halogens is 1. The molecule has 1 amide bonds. The Labute approximate surface area is 192 Å². The fourth-order valence-corrected chi connectivity index (χ4v) is 5.65. The van der Waals surface area contributed by atoms with Crippen molar-refractivity contribution in [3.8, 4) is 16.9 Å². The number of hydrogen-bond donors (Lipinski definition) is 1. The van der Waals surface area contributed by atoms with E-state index in [9.17, 15) is 13.2 Å². The van der Waals surface area contributed by atoms with Gasteiger partial charge in [-0.1, -0.05) is 60.1 Å². The zero-order valence-corrected chi connectivity index (χ0v) is 18.9. The number of rotatable bonds is 7. The van der Waals surface area contributed by atoms with Gasteiger partial charge in [-0.25, -0.2) is 8.42 Å². The third-order valence-electron chi connectivity index (χ3n) is 5.23. The molecule has 3 aromatic rings. The highest BCUT2D eigenvalue weighted by molar-refractivity contribution is 7.89. The number of sulfonamides is 1. The normalized spacial score (nSPS) is 14.3. The van der Waals surface area contributed by atoms with E-state index in [-0.39, 0.29) is 16.5 Å². The van der Waals surface area contributed by atoms with Crippen LogP contribution in [-0.2, 0) is 14.8 Å². The van der Waals surface area contributed by atoms with Crippen LogP contribution in [0.15, 0.2) is 77.7 Å². The molecule has 0 aliphatic carbocycles. The molecule has 0 spiro atoms. The number of para-hydroxylation sites is 1. The first kappa shape index (κ1) is 22.3. The number of nitrogens with one attached hydrogen (secondary N) is 1. The molecule has 8 heteroatoms. The van der Waals surface area contributed by atoms with Crippen molar-refractivity contribution in [2.45, 2.75) is 17.7 Å². The Morgan fingerprint density at radius 2 is 1.66 bits per heavy atom. The van der Waals surface area contributed by atoms with Gasteiger partial charge in [0, 0.05) is 24.3 Å². The van der Waals surface area contributed by atoms with E-state index in [0.29, 0.717) is 24.5 Å². The Morgan fingerprint density at radius 3 is 2.41 bits per heavy atom. The maximum atomic E-state index is 12.9. The van der Waals surface area contributed by atoms with Crippen LogP contribution in [0.3, 0.4) is 0 Å². The topological polar surface area (TPSA) is 75.7 Å². The number of carbonyl (C=O) groups is 1. The fraction of sp³-hybridized carbons (Fsp3) is 0.208. The lowest BCUT2D eigenvalue weighted by Gasteiger charge is -2.17. The number of carbonyl (C=O) groups excluding carboxylic acids is 1. The van der Waals surface area contributed by atoms with Crippen LogP contribution in [0.5, 0.6) is 5.75 Å². The number of anilines is 1. The molecule has 1 heterocycles. The van der Waals surface area contributed by atoms with Gasteiger partial charge in [-0.05, 0) is 42.7 Å². The second-order valence-electron chi connectivity index (χ2n) is 7.46. The van der Waals surface area contributed by atoms with Crippen molar-refractivity contribution < 1.29 is 17.9 Å². The van der Waals surface area contributed by atoms with Crippen molar-refractivity contribution in [2.24, 2.45) is 0 Å². The highest BCUT2D eigenvalue weighted by Gasteiger charge is 2.29. The Morgan fingerprint density at radius 1 is 0.969 bits per heavy atom.